The molecule has 0 saturated carbocycles. The van der Waals surface area contributed by atoms with Gasteiger partial charge in [0.2, 0.25) is 5.82 Å². The summed E-state index contributed by atoms with van der Waals surface area (Å²) < 4.78 is 35.8. The Morgan fingerprint density at radius 2 is 1.94 bits per heavy atom. The Morgan fingerprint density at radius 1 is 1.17 bits per heavy atom. The molecule has 0 fully saturated rings. The van der Waals surface area contributed by atoms with E-state index in [4.69, 9.17) is 31.0 Å². The molecule has 0 spiro atoms. The smallest absolute Gasteiger partial charge is 0.258 e. The predicted molar refractivity (Wildman–Crippen MR) is 134 cm³/mol. The van der Waals surface area contributed by atoms with Gasteiger partial charge >= 0.3 is 0 Å². The molecule has 1 N–H and O–H groups in total. The summed E-state index contributed by atoms with van der Waals surface area (Å²) >= 11 is 5.66. The Hall–Kier alpha value is -3.50. The first-order chi connectivity index (χ1) is 17.0. The molecule has 2 aromatic carbocycles. The number of aromatic nitrogens is 2. The third-order valence-electron chi connectivity index (χ3n) is 5.71. The molecular formula is C25H27FN4O4S. The van der Waals surface area contributed by atoms with Crippen LogP contribution in [0.2, 0.25) is 0 Å². The molecule has 0 saturated heterocycles. The molecule has 4 rings (SSSR count). The molecule has 1 aromatic heterocycles. The topological polar surface area (TPSA) is 81.9 Å². The maximum Gasteiger partial charge on any atom is 0.258 e. The molecule has 1 unspecified atom stereocenters. The minimum absolute atomic E-state index is 0.144. The first-order valence-electron chi connectivity index (χ1n) is 11.1. The monoisotopic (exact) mass is 498 g/mol. The summed E-state index contributed by atoms with van der Waals surface area (Å²) in [6, 6.07) is 12.0. The Kier molecular flexibility index (Phi) is 7.62. The van der Waals surface area contributed by atoms with Crippen LogP contribution in [0.1, 0.15) is 31.3 Å². The third-order valence-corrected chi connectivity index (χ3v) is 6.04. The summed E-state index contributed by atoms with van der Waals surface area (Å²) in [4.78, 5) is 6.55. The van der Waals surface area contributed by atoms with Crippen LogP contribution in [0.25, 0.3) is 17.0 Å². The van der Waals surface area contributed by atoms with Gasteiger partial charge in [0.15, 0.2) is 16.7 Å². The van der Waals surface area contributed by atoms with Crippen molar-refractivity contribution in [3.63, 3.8) is 0 Å². The van der Waals surface area contributed by atoms with Crippen molar-refractivity contribution in [2.45, 2.75) is 19.9 Å². The van der Waals surface area contributed by atoms with E-state index in [9.17, 15) is 4.39 Å². The van der Waals surface area contributed by atoms with Gasteiger partial charge in [0.05, 0.1) is 31.9 Å². The molecule has 8 nitrogen and oxygen atoms in total. The number of benzene rings is 2. The van der Waals surface area contributed by atoms with E-state index in [2.05, 4.69) is 15.5 Å². The molecular weight excluding hydrogens is 471 g/mol. The van der Waals surface area contributed by atoms with E-state index >= 15 is 0 Å². The summed E-state index contributed by atoms with van der Waals surface area (Å²) in [6.07, 6.45) is 0. The summed E-state index contributed by atoms with van der Waals surface area (Å²) in [6.45, 7) is 5.52. The van der Waals surface area contributed by atoms with Gasteiger partial charge in [-0.25, -0.2) is 4.39 Å². The average molecular weight is 499 g/mol. The van der Waals surface area contributed by atoms with Gasteiger partial charge in [-0.15, -0.1) is 0 Å². The average Bonchev–Trinajstić information content (AvgIpc) is 3.34. The lowest BCUT2D eigenvalue weighted by atomic mass is 9.94. The lowest BCUT2D eigenvalue weighted by molar-refractivity contribution is 0.183. The molecule has 1 atom stereocenters. The van der Waals surface area contributed by atoms with E-state index in [1.807, 2.05) is 43.0 Å². The standard InChI is InChI=1S/C25H27FN4O4S/c1-5-33-18-9-6-16(7-10-18)22-21(15(2)30(12-13-31-3)25(35)27-22)24-28-23(29-34-24)17-8-11-20(32-4)19(26)14-17/h6-11,14,22H,5,12-13H2,1-4H3,(H,27,35). The molecule has 3 aromatic rings. The van der Waals surface area contributed by atoms with Gasteiger partial charge < -0.3 is 29.0 Å². The number of ether oxygens (including phenoxy) is 3. The molecule has 0 radical (unpaired) electrons. The SMILES string of the molecule is CCOc1ccc(C2NC(=S)N(CCOC)C(C)=C2c2nc(-c3ccc(OC)c(F)c3)no2)cc1. The van der Waals surface area contributed by atoms with Crippen molar-refractivity contribution in [1.29, 1.82) is 0 Å². The number of hydrogen-bond acceptors (Lipinski definition) is 7. The Morgan fingerprint density at radius 3 is 2.60 bits per heavy atom. The van der Waals surface area contributed by atoms with Crippen molar-refractivity contribution in [1.82, 2.24) is 20.4 Å². The van der Waals surface area contributed by atoms with Crippen molar-refractivity contribution >= 4 is 22.9 Å². The second-order valence-corrected chi connectivity index (χ2v) is 8.19. The number of rotatable bonds is 9. The summed E-state index contributed by atoms with van der Waals surface area (Å²) in [5, 5.41) is 8.08. The van der Waals surface area contributed by atoms with Gasteiger partial charge in [-0.3, -0.25) is 0 Å². The summed E-state index contributed by atoms with van der Waals surface area (Å²) in [5.74, 6) is 0.994. The van der Waals surface area contributed by atoms with Crippen molar-refractivity contribution < 1.29 is 23.1 Å². The highest BCUT2D eigenvalue weighted by Gasteiger charge is 2.34. The number of thiocarbonyl (C=S) groups is 1. The van der Waals surface area contributed by atoms with Gasteiger partial charge in [0, 0.05) is 24.9 Å². The molecule has 0 amide bonds. The van der Waals surface area contributed by atoms with Crippen LogP contribution in [0.15, 0.2) is 52.7 Å². The highest BCUT2D eigenvalue weighted by Crippen LogP contribution is 2.38. The van der Waals surface area contributed by atoms with Crippen LogP contribution < -0.4 is 14.8 Å². The van der Waals surface area contributed by atoms with E-state index in [1.165, 1.54) is 19.2 Å². The molecule has 1 aliphatic heterocycles. The van der Waals surface area contributed by atoms with Gasteiger partial charge in [-0.1, -0.05) is 17.3 Å². The lowest BCUT2D eigenvalue weighted by Gasteiger charge is -2.37. The summed E-state index contributed by atoms with van der Waals surface area (Å²) in [5.41, 5.74) is 3.06. The molecule has 2 heterocycles. The van der Waals surface area contributed by atoms with Crippen LogP contribution in [-0.4, -0.2) is 54.1 Å². The highest BCUT2D eigenvalue weighted by molar-refractivity contribution is 7.80. The second-order valence-electron chi connectivity index (χ2n) is 7.80. The van der Waals surface area contributed by atoms with Crippen LogP contribution in [0.4, 0.5) is 4.39 Å². The van der Waals surface area contributed by atoms with E-state index in [1.54, 1.807) is 13.2 Å². The first-order valence-corrected chi connectivity index (χ1v) is 11.6. The quantitative estimate of drug-likeness (QED) is 0.426. The Bertz CT molecular complexity index is 1230. The number of methoxy groups -OCH3 is 2. The van der Waals surface area contributed by atoms with Crippen LogP contribution >= 0.6 is 12.2 Å². The summed E-state index contributed by atoms with van der Waals surface area (Å²) in [7, 11) is 3.05. The van der Waals surface area contributed by atoms with Crippen LogP contribution in [0.3, 0.4) is 0 Å². The number of allylic oxidation sites excluding steroid dienone is 1. The second kappa shape index (κ2) is 10.8. The van der Waals surface area contributed by atoms with E-state index in [-0.39, 0.29) is 17.6 Å². The number of nitrogens with zero attached hydrogens (tertiary/aromatic N) is 3. The molecule has 1 aliphatic rings. The number of nitrogens with one attached hydrogen (secondary N) is 1. The zero-order chi connectivity index (χ0) is 24.9. The van der Waals surface area contributed by atoms with Gasteiger partial charge in [0.25, 0.3) is 5.89 Å². The zero-order valence-electron chi connectivity index (χ0n) is 20.0. The number of hydrogen-bond donors (Lipinski definition) is 1. The maximum absolute atomic E-state index is 14.3. The lowest BCUT2D eigenvalue weighted by Crippen LogP contribution is -2.47. The van der Waals surface area contributed by atoms with Crippen molar-refractivity contribution in [3.05, 3.63) is 65.4 Å². The number of halogens is 1. The highest BCUT2D eigenvalue weighted by atomic mass is 32.1. The minimum atomic E-state index is -0.505. The van der Waals surface area contributed by atoms with Gasteiger partial charge in [-0.05, 0) is 62.0 Å². The molecule has 10 heteroatoms. The zero-order valence-corrected chi connectivity index (χ0v) is 20.8. The van der Waals surface area contributed by atoms with Crippen LogP contribution in [0.5, 0.6) is 11.5 Å². The van der Waals surface area contributed by atoms with Crippen molar-refractivity contribution in [2.75, 3.05) is 34.0 Å². The van der Waals surface area contributed by atoms with Crippen molar-refractivity contribution in [2.24, 2.45) is 0 Å². The molecule has 184 valence electrons. The fraction of sp³-hybridized carbons (Fsp3) is 0.320. The van der Waals surface area contributed by atoms with Crippen molar-refractivity contribution in [3.8, 4) is 22.9 Å². The molecule has 0 aliphatic carbocycles. The largest absolute Gasteiger partial charge is 0.494 e. The predicted octanol–water partition coefficient (Wildman–Crippen LogP) is 4.59. The van der Waals surface area contributed by atoms with Gasteiger partial charge in [-0.2, -0.15) is 4.98 Å². The minimum Gasteiger partial charge on any atom is -0.494 e. The normalized spacial score (nSPS) is 15.9. The Balaban J connectivity index is 1.76. The van der Waals surface area contributed by atoms with E-state index in [0.717, 1.165) is 22.6 Å². The maximum atomic E-state index is 14.3. The molecule has 0 bridgehead atoms. The fourth-order valence-corrected chi connectivity index (χ4v) is 4.29. The van der Waals surface area contributed by atoms with Crippen LogP contribution in [-0.2, 0) is 4.74 Å². The van der Waals surface area contributed by atoms with E-state index < -0.39 is 5.82 Å². The Labute approximate surface area is 208 Å². The van der Waals surface area contributed by atoms with Gasteiger partial charge in [0.1, 0.15) is 5.75 Å². The molecule has 35 heavy (non-hydrogen) atoms. The van der Waals surface area contributed by atoms with Crippen LogP contribution in [0, 0.1) is 5.82 Å². The first kappa shape index (κ1) is 24.6. The third kappa shape index (κ3) is 5.13. The van der Waals surface area contributed by atoms with E-state index in [0.29, 0.717) is 36.3 Å². The fourth-order valence-electron chi connectivity index (χ4n) is 3.94.